The molecule has 0 unspecified atom stereocenters. The van der Waals surface area contributed by atoms with Crippen LogP contribution in [0.2, 0.25) is 0 Å². The number of amides is 1. The molecule has 1 amide bonds. The average Bonchev–Trinajstić information content (AvgIpc) is 2.16. The minimum absolute atomic E-state index is 0. The summed E-state index contributed by atoms with van der Waals surface area (Å²) in [6, 6.07) is 5.90. The first-order valence-corrected chi connectivity index (χ1v) is 3.69. The van der Waals surface area contributed by atoms with Crippen molar-refractivity contribution in [3.63, 3.8) is 0 Å². The molecule has 0 heterocycles. The third-order valence-electron chi connectivity index (χ3n) is 1.62. The fourth-order valence-electron chi connectivity index (χ4n) is 0.994. The van der Waals surface area contributed by atoms with E-state index >= 15 is 0 Å². The summed E-state index contributed by atoms with van der Waals surface area (Å²) in [5.41, 5.74) is 0.0202. The molecule has 0 aliphatic carbocycles. The number of hydrogen-bond donors (Lipinski definition) is 1. The van der Waals surface area contributed by atoms with Gasteiger partial charge in [0.1, 0.15) is 0 Å². The van der Waals surface area contributed by atoms with E-state index in [-0.39, 0.29) is 30.0 Å². The number of carboxylic acids is 1. The zero-order chi connectivity index (χ0) is 9.84. The molecule has 0 saturated heterocycles. The van der Waals surface area contributed by atoms with Gasteiger partial charge in [0.2, 0.25) is 0 Å². The third kappa shape index (κ3) is 2.62. The van der Waals surface area contributed by atoms with Gasteiger partial charge >= 0.3 is 18.9 Å². The molecule has 0 aromatic heterocycles. The van der Waals surface area contributed by atoms with E-state index in [1.54, 1.807) is 6.07 Å². The molecular weight excluding hydrogens is 177 g/mol. The number of nitrogens with one attached hydrogen (secondary N) is 1. The van der Waals surface area contributed by atoms with E-state index in [1.807, 2.05) is 0 Å². The van der Waals surface area contributed by atoms with E-state index in [2.05, 4.69) is 5.32 Å². The second kappa shape index (κ2) is 5.48. The maximum Gasteiger partial charge on any atom is 1.00 e. The number of rotatable bonds is 2. The molecule has 0 fully saturated rings. The van der Waals surface area contributed by atoms with Crippen molar-refractivity contribution in [2.75, 3.05) is 7.05 Å². The Kier molecular flexibility index (Phi) is 4.99. The Morgan fingerprint density at radius 1 is 1.21 bits per heavy atom. The fraction of sp³-hybridized carbons (Fsp3) is 0.111. The molecule has 0 atom stereocenters. The van der Waals surface area contributed by atoms with Gasteiger partial charge < -0.3 is 15.2 Å². The van der Waals surface area contributed by atoms with Crippen molar-refractivity contribution < 1.29 is 33.6 Å². The molecule has 1 aromatic rings. The minimum atomic E-state index is -1.35. The van der Waals surface area contributed by atoms with Crippen molar-refractivity contribution in [2.24, 2.45) is 0 Å². The number of carboxylic acid groups (broad SMARTS) is 1. The Morgan fingerprint density at radius 3 is 2.14 bits per heavy atom. The van der Waals surface area contributed by atoms with Crippen LogP contribution in [0.3, 0.4) is 0 Å². The summed E-state index contributed by atoms with van der Waals surface area (Å²) in [5.74, 6) is -1.78. The van der Waals surface area contributed by atoms with E-state index in [0.29, 0.717) is 0 Å². The second-order valence-electron chi connectivity index (χ2n) is 2.41. The minimum Gasteiger partial charge on any atom is -0.545 e. The van der Waals surface area contributed by atoms with Gasteiger partial charge in [-0.2, -0.15) is 0 Å². The largest absolute Gasteiger partial charge is 1.00 e. The van der Waals surface area contributed by atoms with E-state index in [0.717, 1.165) is 0 Å². The van der Waals surface area contributed by atoms with Crippen molar-refractivity contribution in [3.05, 3.63) is 35.4 Å². The van der Waals surface area contributed by atoms with Gasteiger partial charge in [-0.15, -0.1) is 0 Å². The Balaban J connectivity index is 0.00000169. The topological polar surface area (TPSA) is 69.2 Å². The van der Waals surface area contributed by atoms with E-state index < -0.39 is 11.9 Å². The van der Waals surface area contributed by atoms with Gasteiger partial charge in [-0.1, -0.05) is 18.2 Å². The van der Waals surface area contributed by atoms with E-state index in [4.69, 9.17) is 0 Å². The number of carbonyl (C=O) groups excluding carboxylic acids is 2. The van der Waals surface area contributed by atoms with Crippen LogP contribution in [0.25, 0.3) is 0 Å². The van der Waals surface area contributed by atoms with Crippen molar-refractivity contribution in [1.82, 2.24) is 5.32 Å². The van der Waals surface area contributed by atoms with Crippen molar-refractivity contribution in [2.45, 2.75) is 0 Å². The van der Waals surface area contributed by atoms with Crippen molar-refractivity contribution in [3.8, 4) is 0 Å². The molecule has 0 spiro atoms. The van der Waals surface area contributed by atoms with Crippen molar-refractivity contribution >= 4 is 11.9 Å². The first kappa shape index (κ1) is 12.8. The molecule has 0 aliphatic heterocycles. The first-order chi connectivity index (χ1) is 6.16. The van der Waals surface area contributed by atoms with Gasteiger partial charge in [-0.3, -0.25) is 4.79 Å². The van der Waals surface area contributed by atoms with Crippen LogP contribution in [0.15, 0.2) is 24.3 Å². The molecule has 0 bridgehead atoms. The van der Waals surface area contributed by atoms with Gasteiger partial charge in [0.05, 0.1) is 5.97 Å². The third-order valence-corrected chi connectivity index (χ3v) is 1.62. The maximum absolute atomic E-state index is 11.1. The molecule has 0 saturated carbocycles. The van der Waals surface area contributed by atoms with Crippen LogP contribution in [-0.4, -0.2) is 18.9 Å². The second-order valence-corrected chi connectivity index (χ2v) is 2.41. The number of carbonyl (C=O) groups is 2. The summed E-state index contributed by atoms with van der Waals surface area (Å²) in [5, 5.41) is 12.9. The zero-order valence-electron chi connectivity index (χ0n) is 8.03. The first-order valence-electron chi connectivity index (χ1n) is 3.69. The summed E-state index contributed by atoms with van der Waals surface area (Å²) in [4.78, 5) is 21.7. The number of hydrogen-bond acceptors (Lipinski definition) is 3. The van der Waals surface area contributed by atoms with Gasteiger partial charge in [0, 0.05) is 18.2 Å². The monoisotopic (exact) mass is 185 g/mol. The summed E-state index contributed by atoms with van der Waals surface area (Å²) >= 11 is 0. The maximum atomic E-state index is 11.1. The summed E-state index contributed by atoms with van der Waals surface area (Å²) < 4.78 is 0. The molecule has 14 heavy (non-hydrogen) atoms. The molecule has 1 aromatic carbocycles. The summed E-state index contributed by atoms with van der Waals surface area (Å²) in [6.07, 6.45) is 0. The fourth-order valence-corrected chi connectivity index (χ4v) is 0.994. The molecule has 68 valence electrons. The van der Waals surface area contributed by atoms with Crippen molar-refractivity contribution in [1.29, 1.82) is 0 Å². The van der Waals surface area contributed by atoms with Gasteiger partial charge in [-0.05, 0) is 6.07 Å². The zero-order valence-corrected chi connectivity index (χ0v) is 8.03. The summed E-state index contributed by atoms with van der Waals surface area (Å²) in [6.45, 7) is 0. The van der Waals surface area contributed by atoms with Crippen LogP contribution < -0.4 is 29.3 Å². The summed E-state index contributed by atoms with van der Waals surface area (Å²) in [7, 11) is 1.44. The Hall–Kier alpha value is -1.24. The molecule has 1 N–H and O–H groups in total. The van der Waals surface area contributed by atoms with Gasteiger partial charge in [0.25, 0.3) is 5.91 Å². The molecule has 4 nitrogen and oxygen atoms in total. The Bertz CT molecular complexity index is 352. The predicted octanol–water partition coefficient (Wildman–Crippen LogP) is -3.59. The standard InChI is InChI=1S/C9H9NO3.Li/c1-10-8(11)6-4-2-3-5-7(6)9(12)13;/h2-5H,1H3,(H,10,11)(H,12,13);/q;+1/p-1. The Morgan fingerprint density at radius 2 is 1.71 bits per heavy atom. The molecule has 5 heteroatoms. The van der Waals surface area contributed by atoms with Crippen LogP contribution in [0, 0.1) is 0 Å². The van der Waals surface area contributed by atoms with Gasteiger partial charge in [-0.25, -0.2) is 0 Å². The van der Waals surface area contributed by atoms with Crippen LogP contribution in [0.5, 0.6) is 0 Å². The molecule has 0 aliphatic rings. The van der Waals surface area contributed by atoms with Crippen LogP contribution in [0.1, 0.15) is 20.7 Å². The predicted molar refractivity (Wildman–Crippen MR) is 44.2 cm³/mol. The average molecular weight is 185 g/mol. The molecule has 1 rings (SSSR count). The van der Waals surface area contributed by atoms with Gasteiger partial charge in [0.15, 0.2) is 0 Å². The normalized spacial score (nSPS) is 8.64. The Labute approximate surface area is 93.5 Å². The quantitative estimate of drug-likeness (QED) is 0.484. The van der Waals surface area contributed by atoms with Crippen LogP contribution in [0.4, 0.5) is 0 Å². The van der Waals surface area contributed by atoms with Crippen LogP contribution >= 0.6 is 0 Å². The molecular formula is C9H8LiNO3. The van der Waals surface area contributed by atoms with E-state index in [1.165, 1.54) is 25.2 Å². The van der Waals surface area contributed by atoms with E-state index in [9.17, 15) is 14.7 Å². The molecule has 0 radical (unpaired) electrons. The smallest absolute Gasteiger partial charge is 0.545 e. The SMILES string of the molecule is CNC(=O)c1ccccc1C(=O)[O-].[Li+]. The number of benzene rings is 1. The van der Waals surface area contributed by atoms with Crippen LogP contribution in [-0.2, 0) is 0 Å². The number of aromatic carboxylic acids is 1.